The van der Waals surface area contributed by atoms with Crippen molar-refractivity contribution in [3.05, 3.63) is 39.4 Å². The van der Waals surface area contributed by atoms with Gasteiger partial charge in [0.25, 0.3) is 0 Å². The lowest BCUT2D eigenvalue weighted by molar-refractivity contribution is 0.0695. The Labute approximate surface area is 79.1 Å². The van der Waals surface area contributed by atoms with Gasteiger partial charge in [-0.1, -0.05) is 0 Å². The maximum Gasteiger partial charge on any atom is 0.341 e. The van der Waals surface area contributed by atoms with Gasteiger partial charge in [-0.05, 0) is 12.3 Å². The van der Waals surface area contributed by atoms with Gasteiger partial charge in [0.05, 0.1) is 0 Å². The third-order valence-electron chi connectivity index (χ3n) is 2.09. The highest BCUT2D eigenvalue weighted by atomic mass is 16.4. The predicted molar refractivity (Wildman–Crippen MR) is 49.9 cm³/mol. The monoisotopic (exact) mass is 192 g/mol. The Morgan fingerprint density at radius 1 is 1.50 bits per heavy atom. The molecule has 3 N–H and O–H groups in total. The van der Waals surface area contributed by atoms with Crippen LogP contribution in [-0.2, 0) is 6.54 Å². The number of carboxylic acid groups (broad SMARTS) is 1. The predicted octanol–water partition coefficient (Wildman–Crippen LogP) is 0.147. The Morgan fingerprint density at radius 2 is 2.29 bits per heavy atom. The van der Waals surface area contributed by atoms with Crippen LogP contribution >= 0.6 is 0 Å². The van der Waals surface area contributed by atoms with Crippen LogP contribution in [-0.4, -0.2) is 16.1 Å². The second-order valence-corrected chi connectivity index (χ2v) is 2.94. The average molecular weight is 192 g/mol. The van der Waals surface area contributed by atoms with Crippen molar-refractivity contribution in [3.63, 3.8) is 0 Å². The SMILES string of the molecule is O=C(O)c1c[nH]c2c(c1=O)CNC=C2. The minimum absolute atomic E-state index is 0.221. The number of pyridine rings is 1. The molecule has 0 spiro atoms. The summed E-state index contributed by atoms with van der Waals surface area (Å²) in [4.78, 5) is 25.0. The van der Waals surface area contributed by atoms with E-state index in [9.17, 15) is 9.59 Å². The molecule has 0 radical (unpaired) electrons. The fourth-order valence-electron chi connectivity index (χ4n) is 1.37. The molecule has 5 nitrogen and oxygen atoms in total. The first-order chi connectivity index (χ1) is 6.70. The number of aromatic amines is 1. The lowest BCUT2D eigenvalue weighted by Gasteiger charge is -2.11. The Bertz CT molecular complexity index is 473. The second-order valence-electron chi connectivity index (χ2n) is 2.94. The molecular weight excluding hydrogens is 184 g/mol. The molecule has 0 saturated carbocycles. The Hall–Kier alpha value is -2.04. The molecule has 2 heterocycles. The number of carbonyl (C=O) groups is 1. The van der Waals surface area contributed by atoms with Crippen LogP contribution in [0.15, 0.2) is 17.2 Å². The Balaban J connectivity index is 2.67. The van der Waals surface area contributed by atoms with Crippen LogP contribution in [0, 0.1) is 0 Å². The number of aromatic nitrogens is 1. The first-order valence-corrected chi connectivity index (χ1v) is 4.08. The van der Waals surface area contributed by atoms with Gasteiger partial charge in [0.2, 0.25) is 5.43 Å². The highest BCUT2D eigenvalue weighted by Gasteiger charge is 2.15. The van der Waals surface area contributed by atoms with Gasteiger partial charge in [0, 0.05) is 24.0 Å². The molecule has 0 fully saturated rings. The summed E-state index contributed by atoms with van der Waals surface area (Å²) in [5, 5.41) is 11.6. The van der Waals surface area contributed by atoms with Gasteiger partial charge in [0.1, 0.15) is 5.56 Å². The van der Waals surface area contributed by atoms with Crippen molar-refractivity contribution >= 4 is 12.0 Å². The van der Waals surface area contributed by atoms with Crippen LogP contribution < -0.4 is 10.7 Å². The Kier molecular flexibility index (Phi) is 1.85. The molecule has 1 aliphatic heterocycles. The summed E-state index contributed by atoms with van der Waals surface area (Å²) in [5.74, 6) is -1.20. The Morgan fingerprint density at radius 3 is 3.00 bits per heavy atom. The van der Waals surface area contributed by atoms with Crippen LogP contribution in [0.2, 0.25) is 0 Å². The van der Waals surface area contributed by atoms with Crippen molar-refractivity contribution in [1.82, 2.24) is 10.3 Å². The first kappa shape index (κ1) is 8.55. The lowest BCUT2D eigenvalue weighted by Crippen LogP contribution is -2.25. The summed E-state index contributed by atoms with van der Waals surface area (Å²) in [6.45, 7) is 0.363. The molecule has 72 valence electrons. The molecule has 1 aromatic rings. The fourth-order valence-corrected chi connectivity index (χ4v) is 1.37. The van der Waals surface area contributed by atoms with E-state index < -0.39 is 11.4 Å². The number of carboxylic acids is 1. The summed E-state index contributed by atoms with van der Waals surface area (Å²) in [6, 6.07) is 0. The maximum absolute atomic E-state index is 11.6. The summed E-state index contributed by atoms with van der Waals surface area (Å²) in [6.07, 6.45) is 4.63. The zero-order chi connectivity index (χ0) is 10.1. The number of hydrogen-bond donors (Lipinski definition) is 3. The molecule has 0 atom stereocenters. The van der Waals surface area contributed by atoms with Gasteiger partial charge in [-0.2, -0.15) is 0 Å². The summed E-state index contributed by atoms with van der Waals surface area (Å²) in [5.41, 5.74) is 0.482. The lowest BCUT2D eigenvalue weighted by atomic mass is 10.1. The normalized spacial score (nSPS) is 13.1. The zero-order valence-corrected chi connectivity index (χ0v) is 7.20. The molecule has 1 aromatic heterocycles. The van der Waals surface area contributed by atoms with E-state index in [-0.39, 0.29) is 5.56 Å². The summed E-state index contributed by atoms with van der Waals surface area (Å²) < 4.78 is 0. The number of nitrogens with one attached hydrogen (secondary N) is 2. The topological polar surface area (TPSA) is 82.2 Å². The molecule has 1 aliphatic rings. The van der Waals surface area contributed by atoms with Gasteiger partial charge in [-0.3, -0.25) is 4.79 Å². The zero-order valence-electron chi connectivity index (χ0n) is 7.20. The second kappa shape index (κ2) is 3.02. The van der Waals surface area contributed by atoms with Crippen molar-refractivity contribution < 1.29 is 9.90 Å². The first-order valence-electron chi connectivity index (χ1n) is 4.08. The van der Waals surface area contributed by atoms with Gasteiger partial charge in [-0.25, -0.2) is 4.79 Å². The molecule has 0 bridgehead atoms. The molecule has 0 saturated heterocycles. The van der Waals surface area contributed by atoms with Crippen LogP contribution in [0.1, 0.15) is 21.6 Å². The van der Waals surface area contributed by atoms with E-state index in [1.54, 1.807) is 12.3 Å². The van der Waals surface area contributed by atoms with Crippen molar-refractivity contribution in [1.29, 1.82) is 0 Å². The van der Waals surface area contributed by atoms with Crippen molar-refractivity contribution in [2.75, 3.05) is 0 Å². The summed E-state index contributed by atoms with van der Waals surface area (Å²) in [7, 11) is 0. The largest absolute Gasteiger partial charge is 0.477 e. The van der Waals surface area contributed by atoms with E-state index in [1.807, 2.05) is 0 Å². The third kappa shape index (κ3) is 1.19. The van der Waals surface area contributed by atoms with Gasteiger partial charge < -0.3 is 15.4 Å². The molecule has 5 heteroatoms. The van der Waals surface area contributed by atoms with E-state index in [0.717, 1.165) is 0 Å². The molecule has 14 heavy (non-hydrogen) atoms. The van der Waals surface area contributed by atoms with Crippen LogP contribution in [0.4, 0.5) is 0 Å². The van der Waals surface area contributed by atoms with E-state index >= 15 is 0 Å². The summed E-state index contributed by atoms with van der Waals surface area (Å²) >= 11 is 0. The van der Waals surface area contributed by atoms with Crippen molar-refractivity contribution in [2.24, 2.45) is 0 Å². The van der Waals surface area contributed by atoms with Crippen LogP contribution in [0.3, 0.4) is 0 Å². The molecule has 0 amide bonds. The minimum Gasteiger partial charge on any atom is -0.477 e. The average Bonchev–Trinajstić information content (AvgIpc) is 2.18. The number of fused-ring (bicyclic) bond motifs is 1. The minimum atomic E-state index is -1.20. The van der Waals surface area contributed by atoms with E-state index in [1.165, 1.54) is 6.20 Å². The quantitative estimate of drug-likeness (QED) is 0.591. The highest BCUT2D eigenvalue weighted by Crippen LogP contribution is 2.08. The molecule has 2 rings (SSSR count). The number of H-pyrrole nitrogens is 1. The van der Waals surface area contributed by atoms with Crippen LogP contribution in [0.25, 0.3) is 6.08 Å². The van der Waals surface area contributed by atoms with E-state index in [2.05, 4.69) is 10.3 Å². The van der Waals surface area contributed by atoms with E-state index in [0.29, 0.717) is 17.8 Å². The standard InChI is InChI=1S/C9H8N2O3/c12-8-5-3-10-2-1-7(5)11-4-6(8)9(13)14/h1-2,4,10H,3H2,(H,11,12)(H,13,14). The van der Waals surface area contributed by atoms with Gasteiger partial charge in [-0.15, -0.1) is 0 Å². The third-order valence-corrected chi connectivity index (χ3v) is 2.09. The highest BCUT2D eigenvalue weighted by molar-refractivity contribution is 5.87. The van der Waals surface area contributed by atoms with E-state index in [4.69, 9.17) is 5.11 Å². The molecule has 0 aliphatic carbocycles. The molecule has 0 aromatic carbocycles. The molecule has 0 unspecified atom stereocenters. The molecular formula is C9H8N2O3. The smallest absolute Gasteiger partial charge is 0.341 e. The number of aromatic carboxylic acids is 1. The number of hydrogen-bond acceptors (Lipinski definition) is 3. The number of rotatable bonds is 1. The van der Waals surface area contributed by atoms with Crippen LogP contribution in [0.5, 0.6) is 0 Å². The fraction of sp³-hybridized carbons (Fsp3) is 0.111. The van der Waals surface area contributed by atoms with Crippen molar-refractivity contribution in [2.45, 2.75) is 6.54 Å². The maximum atomic E-state index is 11.6. The van der Waals surface area contributed by atoms with Crippen molar-refractivity contribution in [3.8, 4) is 0 Å². The van der Waals surface area contributed by atoms with Gasteiger partial charge in [0.15, 0.2) is 0 Å². The van der Waals surface area contributed by atoms with Gasteiger partial charge >= 0.3 is 5.97 Å².